The number of carbonyl (C=O) groups excluding carboxylic acids is 3. The summed E-state index contributed by atoms with van der Waals surface area (Å²) >= 11 is 5.99. The molecule has 0 N–H and O–H groups in total. The average molecular weight is 428 g/mol. The van der Waals surface area contributed by atoms with Crippen molar-refractivity contribution >= 4 is 29.4 Å². The molecule has 30 heavy (non-hydrogen) atoms. The molecule has 1 aliphatic rings. The van der Waals surface area contributed by atoms with Crippen molar-refractivity contribution in [2.24, 2.45) is 0 Å². The maximum Gasteiger partial charge on any atom is 0.336 e. The minimum Gasteiger partial charge on any atom is -0.468 e. The van der Waals surface area contributed by atoms with Crippen LogP contribution in [0.3, 0.4) is 0 Å². The van der Waals surface area contributed by atoms with Crippen molar-refractivity contribution in [1.29, 1.82) is 0 Å². The third-order valence-corrected chi connectivity index (χ3v) is 5.29. The number of allylic oxidation sites excluding steroid dienone is 1. The van der Waals surface area contributed by atoms with Crippen LogP contribution >= 0.6 is 11.6 Å². The minimum atomic E-state index is -0.565. The van der Waals surface area contributed by atoms with Gasteiger partial charge in [0.2, 0.25) is 5.91 Å². The first-order valence-electron chi connectivity index (χ1n) is 9.45. The third-order valence-electron chi connectivity index (χ3n) is 5.04. The number of nitrogens with zero attached hydrogens (tertiary/aromatic N) is 1. The van der Waals surface area contributed by atoms with E-state index in [2.05, 4.69) is 4.74 Å². The molecule has 0 aliphatic carbocycles. The van der Waals surface area contributed by atoms with Crippen LogP contribution < -0.4 is 0 Å². The van der Waals surface area contributed by atoms with Gasteiger partial charge in [-0.25, -0.2) is 4.79 Å². The summed E-state index contributed by atoms with van der Waals surface area (Å²) in [5.41, 5.74) is 2.35. The molecular weight excluding hydrogens is 406 g/mol. The van der Waals surface area contributed by atoms with Crippen LogP contribution in [0.1, 0.15) is 30.4 Å². The Morgan fingerprint density at radius 1 is 1.10 bits per heavy atom. The lowest BCUT2D eigenvalue weighted by atomic mass is 9.83. The van der Waals surface area contributed by atoms with Crippen molar-refractivity contribution < 1.29 is 23.9 Å². The molecule has 1 aliphatic heterocycles. The highest BCUT2D eigenvalue weighted by molar-refractivity contribution is 6.30. The molecule has 1 atom stereocenters. The van der Waals surface area contributed by atoms with Crippen molar-refractivity contribution in [1.82, 2.24) is 4.90 Å². The van der Waals surface area contributed by atoms with Gasteiger partial charge in [0.05, 0.1) is 12.7 Å². The van der Waals surface area contributed by atoms with Gasteiger partial charge in [0.25, 0.3) is 0 Å². The Morgan fingerprint density at radius 2 is 1.77 bits per heavy atom. The Morgan fingerprint density at radius 3 is 2.40 bits per heavy atom. The minimum absolute atomic E-state index is 0.0335. The third kappa shape index (κ3) is 4.89. The molecular formula is C23H22ClNO5. The van der Waals surface area contributed by atoms with Gasteiger partial charge in [0, 0.05) is 23.1 Å². The predicted octanol–water partition coefficient (Wildman–Crippen LogP) is 3.85. The quantitative estimate of drug-likeness (QED) is 0.655. The van der Waals surface area contributed by atoms with E-state index in [-0.39, 0.29) is 25.5 Å². The molecule has 1 amide bonds. The van der Waals surface area contributed by atoms with Crippen LogP contribution in [0, 0.1) is 0 Å². The molecule has 1 unspecified atom stereocenters. The molecule has 1 heterocycles. The monoisotopic (exact) mass is 427 g/mol. The SMILES string of the molecule is COC(=O)CN1C(=O)CC(c2ccc(Cl)cc2)C(C(=O)OCc2ccccc2)=C1C. The van der Waals surface area contributed by atoms with E-state index in [0.717, 1.165) is 11.1 Å². The average Bonchev–Trinajstić information content (AvgIpc) is 2.75. The fourth-order valence-corrected chi connectivity index (χ4v) is 3.57. The lowest BCUT2D eigenvalue weighted by Crippen LogP contribution is -2.41. The zero-order valence-corrected chi connectivity index (χ0v) is 17.5. The Labute approximate surface area is 180 Å². The maximum atomic E-state index is 13.1. The Bertz CT molecular complexity index is 969. The number of carbonyl (C=O) groups is 3. The summed E-state index contributed by atoms with van der Waals surface area (Å²) < 4.78 is 10.2. The number of methoxy groups -OCH3 is 1. The van der Waals surface area contributed by atoms with Crippen LogP contribution in [0.25, 0.3) is 0 Å². The molecule has 2 aromatic rings. The van der Waals surface area contributed by atoms with Crippen molar-refractivity contribution in [2.75, 3.05) is 13.7 Å². The molecule has 6 nitrogen and oxygen atoms in total. The molecule has 0 spiro atoms. The van der Waals surface area contributed by atoms with Gasteiger partial charge >= 0.3 is 11.9 Å². The van der Waals surface area contributed by atoms with Crippen molar-refractivity contribution in [3.05, 3.63) is 82.0 Å². The molecule has 7 heteroatoms. The summed E-state index contributed by atoms with van der Waals surface area (Å²) in [5.74, 6) is -1.85. The molecule has 0 saturated heterocycles. The summed E-state index contributed by atoms with van der Waals surface area (Å²) in [6.45, 7) is 1.49. The first kappa shape index (κ1) is 21.6. The largest absolute Gasteiger partial charge is 0.468 e. The number of esters is 2. The van der Waals surface area contributed by atoms with Gasteiger partial charge < -0.3 is 14.4 Å². The molecule has 0 saturated carbocycles. The van der Waals surface area contributed by atoms with Crippen LogP contribution in [-0.4, -0.2) is 36.4 Å². The van der Waals surface area contributed by atoms with Crippen LogP contribution in [0.2, 0.25) is 5.02 Å². The zero-order chi connectivity index (χ0) is 21.7. The van der Waals surface area contributed by atoms with Gasteiger partial charge in [0.1, 0.15) is 13.2 Å². The van der Waals surface area contributed by atoms with Gasteiger partial charge in [-0.05, 0) is 30.2 Å². The molecule has 3 rings (SSSR count). The fourth-order valence-electron chi connectivity index (χ4n) is 3.44. The Balaban J connectivity index is 1.95. The summed E-state index contributed by atoms with van der Waals surface area (Å²) in [5, 5.41) is 0.558. The van der Waals surface area contributed by atoms with Gasteiger partial charge in [-0.15, -0.1) is 0 Å². The maximum absolute atomic E-state index is 13.1. The number of halogens is 1. The van der Waals surface area contributed by atoms with Gasteiger partial charge in [-0.3, -0.25) is 9.59 Å². The summed E-state index contributed by atoms with van der Waals surface area (Å²) in [7, 11) is 1.25. The molecule has 156 valence electrons. The van der Waals surface area contributed by atoms with Crippen molar-refractivity contribution in [2.45, 2.75) is 25.9 Å². The van der Waals surface area contributed by atoms with Crippen molar-refractivity contribution in [3.63, 3.8) is 0 Å². The summed E-state index contributed by atoms with van der Waals surface area (Å²) in [4.78, 5) is 38.9. The number of amides is 1. The topological polar surface area (TPSA) is 72.9 Å². The highest BCUT2D eigenvalue weighted by Crippen LogP contribution is 2.37. The van der Waals surface area contributed by atoms with E-state index >= 15 is 0 Å². The lowest BCUT2D eigenvalue weighted by molar-refractivity contribution is -0.147. The molecule has 2 aromatic carbocycles. The predicted molar refractivity (Wildman–Crippen MR) is 111 cm³/mol. The Hall–Kier alpha value is -3.12. The number of ether oxygens (including phenoxy) is 2. The molecule has 0 aromatic heterocycles. The van der Waals surface area contributed by atoms with E-state index in [9.17, 15) is 14.4 Å². The Kier molecular flexibility index (Phi) is 6.90. The van der Waals surface area contributed by atoms with E-state index in [1.807, 2.05) is 30.3 Å². The lowest BCUT2D eigenvalue weighted by Gasteiger charge is -2.33. The van der Waals surface area contributed by atoms with E-state index in [4.69, 9.17) is 16.3 Å². The van der Waals surface area contributed by atoms with Gasteiger partial charge in [-0.2, -0.15) is 0 Å². The highest BCUT2D eigenvalue weighted by atomic mass is 35.5. The number of benzene rings is 2. The van der Waals surface area contributed by atoms with E-state index in [1.165, 1.54) is 12.0 Å². The van der Waals surface area contributed by atoms with Gasteiger partial charge in [0.15, 0.2) is 0 Å². The van der Waals surface area contributed by atoms with Crippen LogP contribution in [-0.2, 0) is 30.5 Å². The number of hydrogen-bond donors (Lipinski definition) is 0. The normalized spacial score (nSPS) is 16.4. The van der Waals surface area contributed by atoms with E-state index in [0.29, 0.717) is 16.3 Å². The molecule has 0 radical (unpaired) electrons. The first-order chi connectivity index (χ1) is 14.4. The first-order valence-corrected chi connectivity index (χ1v) is 9.83. The van der Waals surface area contributed by atoms with Crippen LogP contribution in [0.15, 0.2) is 65.9 Å². The summed E-state index contributed by atoms with van der Waals surface area (Å²) in [6.07, 6.45) is 0.0335. The summed E-state index contributed by atoms with van der Waals surface area (Å²) in [6, 6.07) is 16.3. The highest BCUT2D eigenvalue weighted by Gasteiger charge is 2.37. The second-order valence-corrected chi connectivity index (χ2v) is 7.36. The number of rotatable bonds is 6. The van der Waals surface area contributed by atoms with Crippen LogP contribution in [0.4, 0.5) is 0 Å². The second kappa shape index (κ2) is 9.59. The smallest absolute Gasteiger partial charge is 0.336 e. The second-order valence-electron chi connectivity index (χ2n) is 6.93. The van der Waals surface area contributed by atoms with Crippen LogP contribution in [0.5, 0.6) is 0 Å². The van der Waals surface area contributed by atoms with Gasteiger partial charge in [-0.1, -0.05) is 54.1 Å². The van der Waals surface area contributed by atoms with E-state index in [1.54, 1.807) is 31.2 Å². The van der Waals surface area contributed by atoms with Crippen molar-refractivity contribution in [3.8, 4) is 0 Å². The number of hydrogen-bond acceptors (Lipinski definition) is 5. The molecule has 0 bridgehead atoms. The standard InChI is InChI=1S/C23H22ClNO5/c1-15-22(23(28)30-14-16-6-4-3-5-7-16)19(17-8-10-18(24)11-9-17)12-20(26)25(15)13-21(27)29-2/h3-11,19H,12-14H2,1-2H3. The van der Waals surface area contributed by atoms with E-state index < -0.39 is 17.9 Å². The zero-order valence-electron chi connectivity index (χ0n) is 16.8. The molecule has 0 fully saturated rings. The fraction of sp³-hybridized carbons (Fsp3) is 0.261.